The van der Waals surface area contributed by atoms with Crippen LogP contribution < -0.4 is 10.6 Å². The summed E-state index contributed by atoms with van der Waals surface area (Å²) in [5, 5.41) is 15.4. The summed E-state index contributed by atoms with van der Waals surface area (Å²) in [6.07, 6.45) is 4.36. The third kappa shape index (κ3) is 8.03. The van der Waals surface area contributed by atoms with E-state index in [-0.39, 0.29) is 18.5 Å². The molecule has 0 aliphatic heterocycles. The van der Waals surface area contributed by atoms with Crippen molar-refractivity contribution in [3.63, 3.8) is 0 Å². The van der Waals surface area contributed by atoms with E-state index in [0.29, 0.717) is 5.56 Å². The first-order chi connectivity index (χ1) is 15.6. The molecule has 0 saturated heterocycles. The largest absolute Gasteiger partial charge is 0.444 e. The van der Waals surface area contributed by atoms with Gasteiger partial charge in [0.25, 0.3) is 0 Å². The van der Waals surface area contributed by atoms with Crippen LogP contribution in [0.15, 0.2) is 24.3 Å². The molecule has 1 aromatic carbocycles. The Kier molecular flexibility index (Phi) is 9.70. The van der Waals surface area contributed by atoms with E-state index in [1.807, 2.05) is 31.2 Å². The summed E-state index contributed by atoms with van der Waals surface area (Å²) in [5.74, 6) is -0.798. The first-order valence-electron chi connectivity index (χ1n) is 11.8. The average Bonchev–Trinajstić information content (AvgIpc) is 2.74. The summed E-state index contributed by atoms with van der Waals surface area (Å²) in [7, 11) is 0. The minimum atomic E-state index is -1.23. The van der Waals surface area contributed by atoms with Crippen LogP contribution in [0, 0.1) is 6.92 Å². The van der Waals surface area contributed by atoms with Crippen molar-refractivity contribution in [1.29, 1.82) is 0 Å². The summed E-state index contributed by atoms with van der Waals surface area (Å²) >= 11 is 0. The van der Waals surface area contributed by atoms with Crippen molar-refractivity contribution in [2.24, 2.45) is 0 Å². The number of nitrogens with zero attached hydrogens (tertiary/aromatic N) is 1. The molecule has 33 heavy (non-hydrogen) atoms. The molecule has 0 aromatic heterocycles. The number of hydrogen-bond donors (Lipinski definition) is 3. The summed E-state index contributed by atoms with van der Waals surface area (Å²) in [6, 6.07) is 5.47. The molecule has 3 N–H and O–H groups in total. The van der Waals surface area contributed by atoms with Crippen molar-refractivity contribution in [1.82, 2.24) is 15.5 Å². The Morgan fingerprint density at radius 3 is 2.39 bits per heavy atom. The highest BCUT2D eigenvalue weighted by atomic mass is 16.6. The molecule has 184 valence electrons. The lowest BCUT2D eigenvalue weighted by Crippen LogP contribution is -2.55. The number of amides is 3. The second-order valence-corrected chi connectivity index (χ2v) is 9.67. The van der Waals surface area contributed by atoms with Gasteiger partial charge in [-0.15, -0.1) is 0 Å². The Morgan fingerprint density at radius 1 is 1.18 bits per heavy atom. The zero-order chi connectivity index (χ0) is 24.6. The molecule has 0 heterocycles. The number of likely N-dealkylation sites (N-methyl/N-ethyl adjacent to an activating group) is 1. The first-order valence-corrected chi connectivity index (χ1v) is 11.8. The fourth-order valence-corrected chi connectivity index (χ4v) is 4.14. The van der Waals surface area contributed by atoms with E-state index in [9.17, 15) is 19.5 Å². The Balaban J connectivity index is 2.30. The molecule has 0 spiro atoms. The molecule has 2 unspecified atom stereocenters. The van der Waals surface area contributed by atoms with E-state index in [1.165, 1.54) is 11.3 Å². The third-order valence-corrected chi connectivity index (χ3v) is 5.66. The standard InChI is InChI=1S/C25H39N3O5/c1-6-28(23(31)20(16-29)27-24(32)33-25(3,4)5)21(18-12-10-11-17(2)15-18)22(30)26-19-13-8-7-9-14-19/h10-12,15,19-21,29H,6-9,13-14,16H2,1-5H3,(H,26,30)(H,27,32). The fourth-order valence-electron chi connectivity index (χ4n) is 4.14. The van der Waals surface area contributed by atoms with Crippen LogP contribution in [0.3, 0.4) is 0 Å². The molecule has 2 rings (SSSR count). The number of carbonyl (C=O) groups excluding carboxylic acids is 3. The molecule has 0 radical (unpaired) electrons. The summed E-state index contributed by atoms with van der Waals surface area (Å²) < 4.78 is 5.23. The van der Waals surface area contributed by atoms with Gasteiger partial charge >= 0.3 is 6.09 Å². The van der Waals surface area contributed by atoms with Gasteiger partial charge in [-0.2, -0.15) is 0 Å². The van der Waals surface area contributed by atoms with Gasteiger partial charge in [-0.25, -0.2) is 4.79 Å². The van der Waals surface area contributed by atoms with Gasteiger partial charge in [0, 0.05) is 12.6 Å². The summed E-state index contributed by atoms with van der Waals surface area (Å²) in [6.45, 7) is 8.45. The molecular formula is C25H39N3O5. The van der Waals surface area contributed by atoms with Gasteiger partial charge in [-0.1, -0.05) is 49.1 Å². The molecule has 0 bridgehead atoms. The topological polar surface area (TPSA) is 108 Å². The number of rotatable bonds is 8. The smallest absolute Gasteiger partial charge is 0.408 e. The molecule has 1 aliphatic carbocycles. The summed E-state index contributed by atoms with van der Waals surface area (Å²) in [4.78, 5) is 40.5. The van der Waals surface area contributed by atoms with Gasteiger partial charge in [0.1, 0.15) is 17.7 Å². The zero-order valence-corrected chi connectivity index (χ0v) is 20.5. The molecule has 8 heteroatoms. The van der Waals surface area contributed by atoms with Gasteiger partial charge in [-0.3, -0.25) is 9.59 Å². The lowest BCUT2D eigenvalue weighted by molar-refractivity contribution is -0.143. The Bertz CT molecular complexity index is 815. The number of benzene rings is 1. The van der Waals surface area contributed by atoms with Crippen molar-refractivity contribution in [2.75, 3.05) is 13.2 Å². The Labute approximate surface area is 197 Å². The molecule has 8 nitrogen and oxygen atoms in total. The number of nitrogens with one attached hydrogen (secondary N) is 2. The third-order valence-electron chi connectivity index (χ3n) is 5.66. The molecule has 2 atom stereocenters. The van der Waals surface area contributed by atoms with Crippen LogP contribution in [0.5, 0.6) is 0 Å². The van der Waals surface area contributed by atoms with Crippen LogP contribution in [0.4, 0.5) is 4.79 Å². The Morgan fingerprint density at radius 2 is 1.85 bits per heavy atom. The maximum absolute atomic E-state index is 13.5. The zero-order valence-electron chi connectivity index (χ0n) is 20.5. The minimum absolute atomic E-state index is 0.0842. The number of aliphatic hydroxyl groups is 1. The van der Waals surface area contributed by atoms with Crippen molar-refractivity contribution < 1.29 is 24.2 Å². The lowest BCUT2D eigenvalue weighted by atomic mass is 9.94. The number of aryl methyl sites for hydroxylation is 1. The van der Waals surface area contributed by atoms with E-state index in [0.717, 1.165) is 31.2 Å². The molecule has 1 aromatic rings. The molecule has 3 amide bonds. The second kappa shape index (κ2) is 12.0. The fraction of sp³-hybridized carbons (Fsp3) is 0.640. The quantitative estimate of drug-likeness (QED) is 0.551. The predicted octanol–water partition coefficient (Wildman–Crippen LogP) is 3.22. The second-order valence-electron chi connectivity index (χ2n) is 9.67. The number of alkyl carbamates (subject to hydrolysis) is 1. The number of ether oxygens (including phenoxy) is 1. The highest BCUT2D eigenvalue weighted by molar-refractivity contribution is 5.92. The molecule has 1 saturated carbocycles. The first kappa shape index (κ1) is 26.6. The van der Waals surface area contributed by atoms with E-state index < -0.39 is 36.3 Å². The van der Waals surface area contributed by atoms with Gasteiger partial charge in [-0.05, 0) is 53.0 Å². The monoisotopic (exact) mass is 461 g/mol. The molecular weight excluding hydrogens is 422 g/mol. The minimum Gasteiger partial charge on any atom is -0.444 e. The van der Waals surface area contributed by atoms with Crippen LogP contribution in [0.1, 0.15) is 77.0 Å². The number of carbonyl (C=O) groups is 3. The Hall–Kier alpha value is -2.61. The van der Waals surface area contributed by atoms with Crippen LogP contribution in [-0.4, -0.2) is 58.8 Å². The van der Waals surface area contributed by atoms with Gasteiger partial charge in [0.05, 0.1) is 6.61 Å². The maximum atomic E-state index is 13.5. The highest BCUT2D eigenvalue weighted by Gasteiger charge is 2.36. The van der Waals surface area contributed by atoms with E-state index in [2.05, 4.69) is 10.6 Å². The average molecular weight is 462 g/mol. The van der Waals surface area contributed by atoms with Gasteiger partial charge < -0.3 is 25.4 Å². The van der Waals surface area contributed by atoms with Gasteiger partial charge in [0.15, 0.2) is 0 Å². The lowest BCUT2D eigenvalue weighted by Gasteiger charge is -2.34. The predicted molar refractivity (Wildman–Crippen MR) is 127 cm³/mol. The highest BCUT2D eigenvalue weighted by Crippen LogP contribution is 2.25. The van der Waals surface area contributed by atoms with E-state index >= 15 is 0 Å². The van der Waals surface area contributed by atoms with Crippen molar-refractivity contribution in [2.45, 2.75) is 90.4 Å². The van der Waals surface area contributed by atoms with Crippen molar-refractivity contribution in [3.05, 3.63) is 35.4 Å². The van der Waals surface area contributed by atoms with E-state index in [1.54, 1.807) is 27.7 Å². The number of aliphatic hydroxyl groups excluding tert-OH is 1. The SMILES string of the molecule is CCN(C(=O)C(CO)NC(=O)OC(C)(C)C)C(C(=O)NC1CCCCC1)c1cccc(C)c1. The van der Waals surface area contributed by atoms with Crippen LogP contribution in [-0.2, 0) is 14.3 Å². The van der Waals surface area contributed by atoms with Crippen LogP contribution in [0.25, 0.3) is 0 Å². The van der Waals surface area contributed by atoms with Crippen molar-refractivity contribution >= 4 is 17.9 Å². The van der Waals surface area contributed by atoms with Gasteiger partial charge in [0.2, 0.25) is 11.8 Å². The normalized spacial score (nSPS) is 16.4. The maximum Gasteiger partial charge on any atom is 0.408 e. The van der Waals surface area contributed by atoms with Crippen LogP contribution >= 0.6 is 0 Å². The van der Waals surface area contributed by atoms with Crippen LogP contribution in [0.2, 0.25) is 0 Å². The van der Waals surface area contributed by atoms with E-state index in [4.69, 9.17) is 4.74 Å². The van der Waals surface area contributed by atoms with Crippen molar-refractivity contribution in [3.8, 4) is 0 Å². The molecule has 1 aliphatic rings. The molecule has 1 fully saturated rings. The number of hydrogen-bond acceptors (Lipinski definition) is 5. The summed E-state index contributed by atoms with van der Waals surface area (Å²) in [5.41, 5.74) is 0.909.